The van der Waals surface area contributed by atoms with Gasteiger partial charge in [-0.25, -0.2) is 0 Å². The molecule has 0 radical (unpaired) electrons. The van der Waals surface area contributed by atoms with Gasteiger partial charge in [0.2, 0.25) is 0 Å². The van der Waals surface area contributed by atoms with Gasteiger partial charge in [0.05, 0.1) is 5.88 Å². The number of thioether (sulfide) groups is 1. The Hall–Kier alpha value is -1.47. The van der Waals surface area contributed by atoms with Crippen LogP contribution in [0.25, 0.3) is 0 Å². The molecule has 0 heterocycles. The molecule has 0 saturated carbocycles. The van der Waals surface area contributed by atoms with E-state index in [-0.39, 0.29) is 5.91 Å². The first-order chi connectivity index (χ1) is 6.34. The first-order valence-corrected chi connectivity index (χ1v) is 4.67. The molecule has 0 aliphatic carbocycles. The maximum Gasteiger partial charge on any atom is 0.251 e. The van der Waals surface area contributed by atoms with Crippen molar-refractivity contribution in [1.29, 1.82) is 5.26 Å². The van der Waals surface area contributed by atoms with Crippen LogP contribution in [0.1, 0.15) is 10.4 Å². The minimum absolute atomic E-state index is 0.150. The Kier molecular flexibility index (Phi) is 3.86. The van der Waals surface area contributed by atoms with Gasteiger partial charge >= 0.3 is 0 Å². The summed E-state index contributed by atoms with van der Waals surface area (Å²) in [7, 11) is 0. The number of nitriles is 1. The highest BCUT2D eigenvalue weighted by atomic mass is 32.2. The number of nitrogens with zero attached hydrogens (tertiary/aromatic N) is 1. The monoisotopic (exact) mass is 192 g/mol. The number of thiocyanates is 1. The molecule has 66 valence electrons. The zero-order chi connectivity index (χ0) is 9.52. The van der Waals surface area contributed by atoms with Gasteiger partial charge in [0, 0.05) is 5.56 Å². The Bertz CT molecular complexity index is 318. The Labute approximate surface area is 80.8 Å². The zero-order valence-electron chi connectivity index (χ0n) is 6.86. The summed E-state index contributed by atoms with van der Waals surface area (Å²) in [4.78, 5) is 11.3. The predicted octanol–water partition coefficient (Wildman–Crippen LogP) is 1.59. The van der Waals surface area contributed by atoms with Crippen LogP contribution in [-0.4, -0.2) is 11.8 Å². The second-order valence-corrected chi connectivity index (χ2v) is 3.01. The molecule has 1 rings (SSSR count). The van der Waals surface area contributed by atoms with Gasteiger partial charge in [-0.05, 0) is 23.9 Å². The molecule has 4 heteroatoms. The largest absolute Gasteiger partial charge is 0.342 e. The zero-order valence-corrected chi connectivity index (χ0v) is 7.67. The van der Waals surface area contributed by atoms with E-state index in [1.165, 1.54) is 0 Å². The van der Waals surface area contributed by atoms with Gasteiger partial charge in [-0.3, -0.25) is 4.79 Å². The number of amides is 1. The van der Waals surface area contributed by atoms with Crippen LogP contribution in [0, 0.1) is 10.7 Å². The second kappa shape index (κ2) is 5.22. The summed E-state index contributed by atoms with van der Waals surface area (Å²) in [5, 5.41) is 12.7. The third-order valence-electron chi connectivity index (χ3n) is 1.41. The molecule has 0 aliphatic heterocycles. The average Bonchev–Trinajstić information content (AvgIpc) is 2.19. The van der Waals surface area contributed by atoms with Crippen LogP contribution in [0.2, 0.25) is 0 Å². The fourth-order valence-corrected chi connectivity index (χ4v) is 1.09. The molecule has 0 bridgehead atoms. The molecule has 0 aromatic heterocycles. The maximum atomic E-state index is 11.3. The topological polar surface area (TPSA) is 52.9 Å². The number of hydrogen-bond donors (Lipinski definition) is 1. The summed E-state index contributed by atoms with van der Waals surface area (Å²) in [5.74, 6) is 0.174. The number of carbonyl (C=O) groups is 1. The van der Waals surface area contributed by atoms with Crippen molar-refractivity contribution in [3.63, 3.8) is 0 Å². The van der Waals surface area contributed by atoms with E-state index in [0.717, 1.165) is 11.8 Å². The molecule has 0 spiro atoms. The third-order valence-corrected chi connectivity index (χ3v) is 1.82. The van der Waals surface area contributed by atoms with Crippen molar-refractivity contribution >= 4 is 17.7 Å². The lowest BCUT2D eigenvalue weighted by Gasteiger charge is -2.00. The molecule has 0 saturated heterocycles. The van der Waals surface area contributed by atoms with Crippen LogP contribution in [0.3, 0.4) is 0 Å². The van der Waals surface area contributed by atoms with Crippen molar-refractivity contribution in [2.45, 2.75) is 0 Å². The number of benzene rings is 1. The van der Waals surface area contributed by atoms with Gasteiger partial charge in [0.15, 0.2) is 0 Å². The number of carbonyl (C=O) groups excluding carboxylic acids is 1. The molecule has 0 atom stereocenters. The lowest BCUT2D eigenvalue weighted by atomic mass is 10.2. The van der Waals surface area contributed by atoms with E-state index in [9.17, 15) is 4.79 Å². The van der Waals surface area contributed by atoms with Gasteiger partial charge in [-0.1, -0.05) is 18.2 Å². The summed E-state index contributed by atoms with van der Waals surface area (Å²) in [6, 6.07) is 8.90. The van der Waals surface area contributed by atoms with E-state index in [0.29, 0.717) is 11.4 Å². The second-order valence-electron chi connectivity index (χ2n) is 2.25. The Morgan fingerprint density at radius 3 is 2.77 bits per heavy atom. The quantitative estimate of drug-likeness (QED) is 0.449. The van der Waals surface area contributed by atoms with Gasteiger partial charge in [0.1, 0.15) is 5.40 Å². The smallest absolute Gasteiger partial charge is 0.251 e. The van der Waals surface area contributed by atoms with Crippen LogP contribution in [0.5, 0.6) is 0 Å². The molecule has 3 nitrogen and oxygen atoms in total. The van der Waals surface area contributed by atoms with Gasteiger partial charge < -0.3 is 5.32 Å². The normalized spacial score (nSPS) is 8.85. The van der Waals surface area contributed by atoms with Crippen LogP contribution < -0.4 is 5.32 Å². The molecule has 0 aliphatic rings. The van der Waals surface area contributed by atoms with Gasteiger partial charge in [-0.15, -0.1) is 0 Å². The van der Waals surface area contributed by atoms with Crippen LogP contribution >= 0.6 is 11.8 Å². The minimum atomic E-state index is -0.150. The summed E-state index contributed by atoms with van der Waals surface area (Å²) in [5.41, 5.74) is 0.612. The van der Waals surface area contributed by atoms with Crippen molar-refractivity contribution < 1.29 is 4.79 Å². The first-order valence-electron chi connectivity index (χ1n) is 3.68. The van der Waals surface area contributed by atoms with E-state index in [1.807, 2.05) is 11.5 Å². The van der Waals surface area contributed by atoms with Crippen molar-refractivity contribution in [2.24, 2.45) is 0 Å². The average molecular weight is 192 g/mol. The fourth-order valence-electron chi connectivity index (χ4n) is 0.825. The summed E-state index contributed by atoms with van der Waals surface area (Å²) in [6.45, 7) is 0. The lowest BCUT2D eigenvalue weighted by Crippen LogP contribution is -2.22. The Morgan fingerprint density at radius 2 is 2.15 bits per heavy atom. The van der Waals surface area contributed by atoms with E-state index in [4.69, 9.17) is 5.26 Å². The molecule has 1 aromatic carbocycles. The minimum Gasteiger partial charge on any atom is -0.342 e. The highest BCUT2D eigenvalue weighted by Gasteiger charge is 2.01. The lowest BCUT2D eigenvalue weighted by molar-refractivity contribution is 0.0961. The Balaban J connectivity index is 2.46. The van der Waals surface area contributed by atoms with Gasteiger partial charge in [0.25, 0.3) is 5.91 Å². The molecule has 1 amide bonds. The van der Waals surface area contributed by atoms with Crippen LogP contribution in [0.4, 0.5) is 0 Å². The highest BCUT2D eigenvalue weighted by molar-refractivity contribution is 8.03. The van der Waals surface area contributed by atoms with E-state index < -0.39 is 0 Å². The maximum absolute atomic E-state index is 11.3. The molecule has 0 unspecified atom stereocenters. The molecule has 1 aromatic rings. The predicted molar refractivity (Wildman–Crippen MR) is 52.0 cm³/mol. The van der Waals surface area contributed by atoms with Crippen molar-refractivity contribution in [1.82, 2.24) is 5.32 Å². The van der Waals surface area contributed by atoms with Crippen molar-refractivity contribution in [2.75, 3.05) is 5.88 Å². The Morgan fingerprint density at radius 1 is 1.46 bits per heavy atom. The summed E-state index contributed by atoms with van der Waals surface area (Å²) < 4.78 is 0. The van der Waals surface area contributed by atoms with Gasteiger partial charge in [-0.2, -0.15) is 5.26 Å². The molecule has 1 N–H and O–H groups in total. The molecular formula is C9H8N2OS. The van der Waals surface area contributed by atoms with Crippen LogP contribution in [-0.2, 0) is 0 Å². The number of rotatable bonds is 3. The van der Waals surface area contributed by atoms with Crippen molar-refractivity contribution in [3.05, 3.63) is 35.9 Å². The fraction of sp³-hybridized carbons (Fsp3) is 0.111. The molecule has 13 heavy (non-hydrogen) atoms. The standard InChI is InChI=1S/C9H8N2OS/c10-6-13-7-11-9(12)8-4-2-1-3-5-8/h1-5H,7H2,(H,11,12). The van der Waals surface area contributed by atoms with E-state index in [2.05, 4.69) is 5.32 Å². The number of hydrogen-bond acceptors (Lipinski definition) is 3. The van der Waals surface area contributed by atoms with Crippen molar-refractivity contribution in [3.8, 4) is 5.40 Å². The van der Waals surface area contributed by atoms with Crippen LogP contribution in [0.15, 0.2) is 30.3 Å². The molecule has 0 fully saturated rings. The summed E-state index contributed by atoms with van der Waals surface area (Å²) in [6.07, 6.45) is 0. The van der Waals surface area contributed by atoms with E-state index in [1.54, 1.807) is 24.3 Å². The van der Waals surface area contributed by atoms with E-state index >= 15 is 0 Å². The number of nitrogens with one attached hydrogen (secondary N) is 1. The molecular weight excluding hydrogens is 184 g/mol. The highest BCUT2D eigenvalue weighted by Crippen LogP contribution is 1.99. The summed E-state index contributed by atoms with van der Waals surface area (Å²) >= 11 is 1.00. The first kappa shape index (κ1) is 9.62. The SMILES string of the molecule is N#CSCNC(=O)c1ccccc1. The third kappa shape index (κ3) is 3.18.